The number of carbonyl (C=O) groups is 1. The summed E-state index contributed by atoms with van der Waals surface area (Å²) in [5, 5.41) is 14.3. The van der Waals surface area contributed by atoms with Gasteiger partial charge < -0.3 is 5.32 Å². The van der Waals surface area contributed by atoms with Crippen LogP contribution in [-0.4, -0.2) is 17.0 Å². The topological polar surface area (TPSA) is 84.6 Å². The van der Waals surface area contributed by atoms with Gasteiger partial charge >= 0.3 is 0 Å². The van der Waals surface area contributed by atoms with Crippen LogP contribution < -0.4 is 5.32 Å². The van der Waals surface area contributed by atoms with Crippen molar-refractivity contribution in [3.05, 3.63) is 62.1 Å². The molecule has 2 aromatic rings. The van der Waals surface area contributed by atoms with E-state index in [0.29, 0.717) is 16.4 Å². The molecule has 8 heteroatoms. The van der Waals surface area contributed by atoms with E-state index in [1.54, 1.807) is 12.1 Å². The van der Waals surface area contributed by atoms with Crippen LogP contribution in [0.15, 0.2) is 41.4 Å². The molecule has 0 heterocycles. The van der Waals surface area contributed by atoms with E-state index in [9.17, 15) is 14.9 Å². The summed E-state index contributed by atoms with van der Waals surface area (Å²) < 4.78 is 0. The fourth-order valence-electron chi connectivity index (χ4n) is 1.86. The minimum Gasteiger partial charge on any atom is -0.324 e. The highest BCUT2D eigenvalue weighted by molar-refractivity contribution is 6.33. The molecule has 0 aliphatic carbocycles. The number of carbonyl (C=O) groups excluding carboxylic acids is 1. The van der Waals surface area contributed by atoms with Crippen LogP contribution in [0.5, 0.6) is 0 Å². The van der Waals surface area contributed by atoms with Gasteiger partial charge in [0.2, 0.25) is 5.91 Å². The number of amides is 1. The molecule has 2 aromatic carbocycles. The van der Waals surface area contributed by atoms with Crippen molar-refractivity contribution in [2.24, 2.45) is 4.99 Å². The highest BCUT2D eigenvalue weighted by Gasteiger charge is 2.15. The largest absolute Gasteiger partial charge is 0.324 e. The standard InChI is InChI=1S/C15H11Cl2N3O3/c1-9(21)19-14-7-10(16)5-6-13(14)18-8-11-12(17)3-2-4-15(11)20(22)23/h2-8H,1H3,(H,19,21). The van der Waals surface area contributed by atoms with Gasteiger partial charge in [-0.3, -0.25) is 19.9 Å². The number of aliphatic imine (C=N–C) groups is 1. The zero-order chi connectivity index (χ0) is 17.0. The summed E-state index contributed by atoms with van der Waals surface area (Å²) in [7, 11) is 0. The minimum atomic E-state index is -0.538. The van der Waals surface area contributed by atoms with Crippen LogP contribution in [0.25, 0.3) is 0 Å². The molecule has 0 saturated carbocycles. The maximum atomic E-state index is 11.2. The number of nitrogens with one attached hydrogen (secondary N) is 1. The SMILES string of the molecule is CC(=O)Nc1cc(Cl)ccc1N=Cc1c(Cl)cccc1[N+](=O)[O-]. The Morgan fingerprint density at radius 1 is 1.30 bits per heavy atom. The summed E-state index contributed by atoms with van der Waals surface area (Å²) in [5.74, 6) is -0.285. The van der Waals surface area contributed by atoms with E-state index in [1.807, 2.05) is 0 Å². The monoisotopic (exact) mass is 351 g/mol. The first kappa shape index (κ1) is 16.9. The van der Waals surface area contributed by atoms with Gasteiger partial charge in [-0.05, 0) is 24.3 Å². The molecule has 2 rings (SSSR count). The van der Waals surface area contributed by atoms with Crippen LogP contribution in [0.2, 0.25) is 10.0 Å². The van der Waals surface area contributed by atoms with E-state index in [0.717, 1.165) is 0 Å². The molecule has 0 aromatic heterocycles. The molecule has 23 heavy (non-hydrogen) atoms. The van der Waals surface area contributed by atoms with Crippen LogP contribution >= 0.6 is 23.2 Å². The molecule has 0 radical (unpaired) electrons. The molecule has 0 atom stereocenters. The first-order valence-corrected chi connectivity index (χ1v) is 7.18. The van der Waals surface area contributed by atoms with Crippen LogP contribution in [0.1, 0.15) is 12.5 Å². The maximum absolute atomic E-state index is 11.2. The zero-order valence-electron chi connectivity index (χ0n) is 11.9. The molecule has 1 amide bonds. The maximum Gasteiger partial charge on any atom is 0.279 e. The van der Waals surface area contributed by atoms with Crippen molar-refractivity contribution in [3.63, 3.8) is 0 Å². The van der Waals surface area contributed by atoms with E-state index in [4.69, 9.17) is 23.2 Å². The lowest BCUT2D eigenvalue weighted by Gasteiger charge is -2.07. The molecule has 118 valence electrons. The van der Waals surface area contributed by atoms with E-state index < -0.39 is 4.92 Å². The molecule has 0 aliphatic rings. The van der Waals surface area contributed by atoms with Crippen molar-refractivity contribution in [2.45, 2.75) is 6.92 Å². The average Bonchev–Trinajstić information content (AvgIpc) is 2.46. The van der Waals surface area contributed by atoms with E-state index >= 15 is 0 Å². The number of anilines is 1. The highest BCUT2D eigenvalue weighted by atomic mass is 35.5. The number of nitro groups is 1. The fourth-order valence-corrected chi connectivity index (χ4v) is 2.25. The Hall–Kier alpha value is -2.44. The summed E-state index contributed by atoms with van der Waals surface area (Å²) in [6.45, 7) is 1.35. The molecule has 6 nitrogen and oxygen atoms in total. The van der Waals surface area contributed by atoms with Gasteiger partial charge in [0, 0.05) is 24.2 Å². The van der Waals surface area contributed by atoms with Gasteiger partial charge in [0.25, 0.3) is 5.69 Å². The Morgan fingerprint density at radius 3 is 2.70 bits per heavy atom. The Bertz CT molecular complexity index is 807. The highest BCUT2D eigenvalue weighted by Crippen LogP contribution is 2.30. The molecule has 0 bridgehead atoms. The fraction of sp³-hybridized carbons (Fsp3) is 0.0667. The van der Waals surface area contributed by atoms with Gasteiger partial charge in [-0.1, -0.05) is 29.3 Å². The number of hydrogen-bond donors (Lipinski definition) is 1. The van der Waals surface area contributed by atoms with E-state index in [2.05, 4.69) is 10.3 Å². The van der Waals surface area contributed by atoms with Crippen molar-refractivity contribution >= 4 is 52.4 Å². The second-order valence-electron chi connectivity index (χ2n) is 4.53. The third-order valence-electron chi connectivity index (χ3n) is 2.83. The van der Waals surface area contributed by atoms with Gasteiger partial charge in [-0.2, -0.15) is 0 Å². The number of halogens is 2. The lowest BCUT2D eigenvalue weighted by atomic mass is 10.2. The summed E-state index contributed by atoms with van der Waals surface area (Å²) in [6.07, 6.45) is 1.29. The summed E-state index contributed by atoms with van der Waals surface area (Å²) >= 11 is 11.9. The normalized spacial score (nSPS) is 10.7. The van der Waals surface area contributed by atoms with E-state index in [1.165, 1.54) is 37.4 Å². The van der Waals surface area contributed by atoms with Crippen LogP contribution in [0.4, 0.5) is 17.1 Å². The van der Waals surface area contributed by atoms with Crippen molar-refractivity contribution < 1.29 is 9.72 Å². The Morgan fingerprint density at radius 2 is 2.04 bits per heavy atom. The van der Waals surface area contributed by atoms with Crippen molar-refractivity contribution in [1.82, 2.24) is 0 Å². The molecule has 0 unspecified atom stereocenters. The summed E-state index contributed by atoms with van der Waals surface area (Å²) in [4.78, 5) is 25.9. The van der Waals surface area contributed by atoms with Crippen molar-refractivity contribution in [2.75, 3.05) is 5.32 Å². The van der Waals surface area contributed by atoms with Crippen LogP contribution in [0.3, 0.4) is 0 Å². The minimum absolute atomic E-state index is 0.156. The first-order valence-electron chi connectivity index (χ1n) is 6.42. The Balaban J connectivity index is 2.46. The lowest BCUT2D eigenvalue weighted by molar-refractivity contribution is -0.385. The first-order chi connectivity index (χ1) is 10.9. The Kier molecular flexibility index (Phi) is 5.31. The van der Waals surface area contributed by atoms with E-state index in [-0.39, 0.29) is 22.2 Å². The van der Waals surface area contributed by atoms with Gasteiger partial charge in [-0.15, -0.1) is 0 Å². The average molecular weight is 352 g/mol. The predicted octanol–water partition coefficient (Wildman–Crippen LogP) is 4.61. The number of nitrogens with zero attached hydrogens (tertiary/aromatic N) is 2. The lowest BCUT2D eigenvalue weighted by Crippen LogP contribution is -2.05. The number of rotatable bonds is 4. The molecular weight excluding hydrogens is 341 g/mol. The van der Waals surface area contributed by atoms with Gasteiger partial charge in [-0.25, -0.2) is 0 Å². The Labute approximate surface area is 141 Å². The van der Waals surface area contributed by atoms with Gasteiger partial charge in [0.05, 0.1) is 26.9 Å². The summed E-state index contributed by atoms with van der Waals surface area (Å²) in [5.41, 5.74) is 0.828. The van der Waals surface area contributed by atoms with Crippen LogP contribution in [-0.2, 0) is 4.79 Å². The quantitative estimate of drug-likeness (QED) is 0.495. The third kappa shape index (κ3) is 4.28. The molecule has 0 spiro atoms. The third-order valence-corrected chi connectivity index (χ3v) is 3.39. The molecule has 0 saturated heterocycles. The molecule has 0 fully saturated rings. The molecule has 1 N–H and O–H groups in total. The van der Waals surface area contributed by atoms with Crippen molar-refractivity contribution in [1.29, 1.82) is 0 Å². The van der Waals surface area contributed by atoms with Crippen LogP contribution in [0, 0.1) is 10.1 Å². The van der Waals surface area contributed by atoms with Crippen molar-refractivity contribution in [3.8, 4) is 0 Å². The number of nitro benzene ring substituents is 1. The zero-order valence-corrected chi connectivity index (χ0v) is 13.4. The summed E-state index contributed by atoms with van der Waals surface area (Å²) in [6, 6.07) is 9.09. The second kappa shape index (κ2) is 7.21. The number of benzene rings is 2. The smallest absolute Gasteiger partial charge is 0.279 e. The molecular formula is C15H11Cl2N3O3. The molecule has 0 aliphatic heterocycles. The number of hydrogen-bond acceptors (Lipinski definition) is 4. The predicted molar refractivity (Wildman–Crippen MR) is 91.1 cm³/mol. The van der Waals surface area contributed by atoms with Gasteiger partial charge in [0.15, 0.2) is 0 Å². The second-order valence-corrected chi connectivity index (χ2v) is 5.37. The van der Waals surface area contributed by atoms with Gasteiger partial charge in [0.1, 0.15) is 0 Å².